The zero-order valence-electron chi connectivity index (χ0n) is 15.1. The molecule has 0 aliphatic carbocycles. The summed E-state index contributed by atoms with van der Waals surface area (Å²) in [5.41, 5.74) is 2.27. The summed E-state index contributed by atoms with van der Waals surface area (Å²) in [5.74, 6) is 1.24. The number of anilines is 2. The molecule has 2 aliphatic rings. The Kier molecular flexibility index (Phi) is 4.58. The Balaban J connectivity index is 1.46. The Bertz CT molecular complexity index is 875. The molecule has 27 heavy (non-hydrogen) atoms. The van der Waals surface area contributed by atoms with Crippen LogP contribution in [0.2, 0.25) is 0 Å². The van der Waals surface area contributed by atoms with Gasteiger partial charge in [0.25, 0.3) is 11.8 Å². The monoisotopic (exact) mass is 367 g/mol. The molecule has 0 bridgehead atoms. The number of nitrogens with one attached hydrogen (secondary N) is 1. The van der Waals surface area contributed by atoms with Crippen molar-refractivity contribution in [2.45, 2.75) is 0 Å². The second-order valence-corrected chi connectivity index (χ2v) is 6.50. The number of methoxy groups -OCH3 is 1. The van der Waals surface area contributed by atoms with Gasteiger partial charge in [-0.3, -0.25) is 9.59 Å². The smallest absolute Gasteiger partial charge is 0.262 e. The van der Waals surface area contributed by atoms with Crippen LogP contribution in [0.5, 0.6) is 11.5 Å². The Morgan fingerprint density at radius 3 is 2.67 bits per heavy atom. The maximum atomic E-state index is 12.8. The van der Waals surface area contributed by atoms with E-state index in [-0.39, 0.29) is 18.4 Å². The van der Waals surface area contributed by atoms with Crippen LogP contribution in [0, 0.1) is 0 Å². The van der Waals surface area contributed by atoms with Crippen molar-refractivity contribution < 1.29 is 19.1 Å². The number of carbonyl (C=O) groups is 2. The molecule has 1 saturated heterocycles. The van der Waals surface area contributed by atoms with E-state index in [0.29, 0.717) is 48.9 Å². The van der Waals surface area contributed by atoms with E-state index in [1.54, 1.807) is 19.2 Å². The summed E-state index contributed by atoms with van der Waals surface area (Å²) >= 11 is 0. The van der Waals surface area contributed by atoms with E-state index < -0.39 is 0 Å². The average Bonchev–Trinajstić information content (AvgIpc) is 2.72. The van der Waals surface area contributed by atoms with Crippen LogP contribution in [0.25, 0.3) is 0 Å². The van der Waals surface area contributed by atoms with Gasteiger partial charge in [0.1, 0.15) is 5.75 Å². The van der Waals surface area contributed by atoms with Gasteiger partial charge in [0, 0.05) is 31.7 Å². The molecule has 0 saturated carbocycles. The van der Waals surface area contributed by atoms with Crippen molar-refractivity contribution >= 4 is 23.2 Å². The average molecular weight is 367 g/mol. The van der Waals surface area contributed by atoms with Gasteiger partial charge in [-0.05, 0) is 30.3 Å². The van der Waals surface area contributed by atoms with Gasteiger partial charge in [-0.15, -0.1) is 0 Å². The van der Waals surface area contributed by atoms with Crippen LogP contribution in [0.3, 0.4) is 0 Å². The topological polar surface area (TPSA) is 71.1 Å². The van der Waals surface area contributed by atoms with Crippen molar-refractivity contribution in [3.05, 3.63) is 48.0 Å². The SMILES string of the molecule is COc1cccc(C(=O)N2CCN(c3cccc4c3OCC(=O)N4)CC2)c1. The summed E-state index contributed by atoms with van der Waals surface area (Å²) in [6, 6.07) is 12.9. The summed E-state index contributed by atoms with van der Waals surface area (Å²) in [5, 5.41) is 2.83. The first-order valence-corrected chi connectivity index (χ1v) is 8.89. The van der Waals surface area contributed by atoms with Crippen LogP contribution in [-0.4, -0.2) is 56.6 Å². The Labute approximate surface area is 157 Å². The van der Waals surface area contributed by atoms with Gasteiger partial charge in [-0.2, -0.15) is 0 Å². The summed E-state index contributed by atoms with van der Waals surface area (Å²) in [7, 11) is 1.59. The molecule has 2 aromatic carbocycles. The van der Waals surface area contributed by atoms with Crippen molar-refractivity contribution in [2.75, 3.05) is 50.1 Å². The molecule has 7 nitrogen and oxygen atoms in total. The summed E-state index contributed by atoms with van der Waals surface area (Å²) in [6.07, 6.45) is 0. The van der Waals surface area contributed by atoms with E-state index in [9.17, 15) is 9.59 Å². The van der Waals surface area contributed by atoms with Crippen molar-refractivity contribution in [2.24, 2.45) is 0 Å². The Hall–Kier alpha value is -3.22. The molecular weight excluding hydrogens is 346 g/mol. The van der Waals surface area contributed by atoms with Crippen LogP contribution in [0.4, 0.5) is 11.4 Å². The van der Waals surface area contributed by atoms with E-state index in [2.05, 4.69) is 10.2 Å². The number of rotatable bonds is 3. The number of benzene rings is 2. The zero-order chi connectivity index (χ0) is 18.8. The number of piperazine rings is 1. The van der Waals surface area contributed by atoms with Crippen LogP contribution >= 0.6 is 0 Å². The minimum atomic E-state index is -0.145. The highest BCUT2D eigenvalue weighted by Gasteiger charge is 2.26. The highest BCUT2D eigenvalue weighted by atomic mass is 16.5. The van der Waals surface area contributed by atoms with E-state index in [1.165, 1.54) is 0 Å². The summed E-state index contributed by atoms with van der Waals surface area (Å²) < 4.78 is 10.8. The lowest BCUT2D eigenvalue weighted by Crippen LogP contribution is -2.49. The fraction of sp³-hybridized carbons (Fsp3) is 0.300. The van der Waals surface area contributed by atoms with Gasteiger partial charge in [0.15, 0.2) is 12.4 Å². The number of hydrogen-bond donors (Lipinski definition) is 1. The zero-order valence-corrected chi connectivity index (χ0v) is 15.1. The molecule has 0 atom stereocenters. The first-order chi connectivity index (χ1) is 13.2. The first-order valence-electron chi connectivity index (χ1n) is 8.89. The van der Waals surface area contributed by atoms with E-state index in [0.717, 1.165) is 5.69 Å². The van der Waals surface area contributed by atoms with Crippen LogP contribution in [0.15, 0.2) is 42.5 Å². The molecule has 1 N–H and O–H groups in total. The highest BCUT2D eigenvalue weighted by Crippen LogP contribution is 2.38. The maximum absolute atomic E-state index is 12.8. The number of ether oxygens (including phenoxy) is 2. The minimum Gasteiger partial charge on any atom is -0.497 e. The third-order valence-electron chi connectivity index (χ3n) is 4.84. The van der Waals surface area contributed by atoms with E-state index >= 15 is 0 Å². The predicted octanol–water partition coefficient (Wildman–Crippen LogP) is 1.99. The molecule has 7 heteroatoms. The van der Waals surface area contributed by atoms with Crippen LogP contribution in [0.1, 0.15) is 10.4 Å². The minimum absolute atomic E-state index is 0.00662. The largest absolute Gasteiger partial charge is 0.497 e. The number of amides is 2. The third-order valence-corrected chi connectivity index (χ3v) is 4.84. The second-order valence-electron chi connectivity index (χ2n) is 6.50. The van der Waals surface area contributed by atoms with Crippen molar-refractivity contribution in [3.8, 4) is 11.5 Å². The molecule has 0 radical (unpaired) electrons. The predicted molar refractivity (Wildman–Crippen MR) is 102 cm³/mol. The Morgan fingerprint density at radius 1 is 1.11 bits per heavy atom. The fourth-order valence-corrected chi connectivity index (χ4v) is 3.44. The van der Waals surface area contributed by atoms with Gasteiger partial charge >= 0.3 is 0 Å². The fourth-order valence-electron chi connectivity index (χ4n) is 3.44. The van der Waals surface area contributed by atoms with E-state index in [4.69, 9.17) is 9.47 Å². The molecule has 4 rings (SSSR count). The van der Waals surface area contributed by atoms with E-state index in [1.807, 2.05) is 35.2 Å². The number of para-hydroxylation sites is 1. The Morgan fingerprint density at radius 2 is 1.89 bits per heavy atom. The van der Waals surface area contributed by atoms with Gasteiger partial charge in [-0.1, -0.05) is 12.1 Å². The second kappa shape index (κ2) is 7.19. The van der Waals surface area contributed by atoms with Crippen LogP contribution in [-0.2, 0) is 4.79 Å². The van der Waals surface area contributed by atoms with Gasteiger partial charge in [0.05, 0.1) is 18.5 Å². The molecule has 0 spiro atoms. The lowest BCUT2D eigenvalue weighted by molar-refractivity contribution is -0.118. The molecular formula is C20H21N3O4. The standard InChI is InChI=1S/C20H21N3O4/c1-26-15-5-2-4-14(12-15)20(25)23-10-8-22(9-11-23)17-7-3-6-16-19(17)27-13-18(24)21-16/h2-7,12H,8-11,13H2,1H3,(H,21,24). The molecule has 2 heterocycles. The lowest BCUT2D eigenvalue weighted by Gasteiger charge is -2.37. The molecule has 2 aromatic rings. The molecule has 0 aromatic heterocycles. The number of fused-ring (bicyclic) bond motifs is 1. The molecule has 140 valence electrons. The molecule has 2 aliphatic heterocycles. The van der Waals surface area contributed by atoms with Crippen molar-refractivity contribution in [1.29, 1.82) is 0 Å². The van der Waals surface area contributed by atoms with Crippen molar-refractivity contribution in [3.63, 3.8) is 0 Å². The van der Waals surface area contributed by atoms with Gasteiger partial charge in [0.2, 0.25) is 0 Å². The van der Waals surface area contributed by atoms with Gasteiger partial charge < -0.3 is 24.6 Å². The number of carbonyl (C=O) groups excluding carboxylic acids is 2. The van der Waals surface area contributed by atoms with Crippen molar-refractivity contribution in [1.82, 2.24) is 4.90 Å². The van der Waals surface area contributed by atoms with Crippen LogP contribution < -0.4 is 19.7 Å². The summed E-state index contributed by atoms with van der Waals surface area (Å²) in [4.78, 5) is 28.3. The molecule has 0 unspecified atom stereocenters. The third kappa shape index (κ3) is 3.40. The molecule has 1 fully saturated rings. The van der Waals surface area contributed by atoms with Gasteiger partial charge in [-0.25, -0.2) is 0 Å². The lowest BCUT2D eigenvalue weighted by atomic mass is 10.1. The highest BCUT2D eigenvalue weighted by molar-refractivity contribution is 5.97. The molecule has 2 amide bonds. The number of hydrogen-bond acceptors (Lipinski definition) is 5. The maximum Gasteiger partial charge on any atom is 0.262 e. The number of nitrogens with zero attached hydrogens (tertiary/aromatic N) is 2. The normalized spacial score (nSPS) is 16.3. The summed E-state index contributed by atoms with van der Waals surface area (Å²) in [6.45, 7) is 2.66. The quantitative estimate of drug-likeness (QED) is 0.898. The first kappa shape index (κ1) is 17.2.